The molecule has 0 radical (unpaired) electrons. The Kier molecular flexibility index (Phi) is 5.58. The van der Waals surface area contributed by atoms with Gasteiger partial charge in [0.25, 0.3) is 5.91 Å². The lowest BCUT2D eigenvalue weighted by Crippen LogP contribution is -2.33. The third-order valence-electron chi connectivity index (χ3n) is 3.81. The molecule has 0 aliphatic heterocycles. The fourth-order valence-corrected chi connectivity index (χ4v) is 2.32. The Hall–Kier alpha value is -2.82. The second kappa shape index (κ2) is 7.64. The zero-order valence-corrected chi connectivity index (χ0v) is 14.0. The monoisotopic (exact) mass is 327 g/mol. The fourth-order valence-electron chi connectivity index (χ4n) is 2.32. The van der Waals surface area contributed by atoms with Crippen LogP contribution in [0.5, 0.6) is 5.75 Å². The number of rotatable bonds is 6. The van der Waals surface area contributed by atoms with Crippen LogP contribution < -0.4 is 10.1 Å². The van der Waals surface area contributed by atoms with Gasteiger partial charge in [-0.2, -0.15) is 0 Å². The summed E-state index contributed by atoms with van der Waals surface area (Å²) in [6.45, 7) is 6.28. The summed E-state index contributed by atoms with van der Waals surface area (Å²) in [6.07, 6.45) is 0. The Labute approximate surface area is 141 Å². The van der Waals surface area contributed by atoms with Gasteiger partial charge in [0.1, 0.15) is 5.75 Å². The number of carbonyl (C=O) groups excluding carboxylic acids is 1. The minimum Gasteiger partial charge on any atom is -0.494 e. The molecule has 1 amide bonds. The first kappa shape index (κ1) is 17.5. The smallest absolute Gasteiger partial charge is 0.330 e. The lowest BCUT2D eigenvalue weighted by molar-refractivity contribution is -0.139. The summed E-state index contributed by atoms with van der Waals surface area (Å²) >= 11 is 0. The SMILES string of the molecule is CCOc1ccc(C(=O)NC(C(=O)O)c2ccc(C)c(C)c2)cc1. The van der Waals surface area contributed by atoms with Crippen LogP contribution in [0.25, 0.3) is 0 Å². The average molecular weight is 327 g/mol. The van der Waals surface area contributed by atoms with Gasteiger partial charge < -0.3 is 15.2 Å². The number of aryl methyl sites for hydroxylation is 2. The zero-order chi connectivity index (χ0) is 17.7. The summed E-state index contributed by atoms with van der Waals surface area (Å²) in [5, 5.41) is 12.0. The number of ether oxygens (including phenoxy) is 1. The summed E-state index contributed by atoms with van der Waals surface area (Å²) in [6, 6.07) is 10.9. The first-order valence-corrected chi connectivity index (χ1v) is 7.76. The lowest BCUT2D eigenvalue weighted by Gasteiger charge is -2.16. The molecule has 0 aromatic heterocycles. The van der Waals surface area contributed by atoms with Crippen LogP contribution in [0.1, 0.15) is 40.0 Å². The highest BCUT2D eigenvalue weighted by Gasteiger charge is 2.23. The van der Waals surface area contributed by atoms with Crippen molar-refractivity contribution in [2.75, 3.05) is 6.61 Å². The van der Waals surface area contributed by atoms with E-state index in [4.69, 9.17) is 4.74 Å². The number of aliphatic carboxylic acids is 1. The van der Waals surface area contributed by atoms with Crippen LogP contribution in [0.2, 0.25) is 0 Å². The predicted molar refractivity (Wildman–Crippen MR) is 91.4 cm³/mol. The largest absolute Gasteiger partial charge is 0.494 e. The van der Waals surface area contributed by atoms with Gasteiger partial charge in [-0.25, -0.2) is 4.79 Å². The Morgan fingerprint density at radius 2 is 1.75 bits per heavy atom. The molecule has 0 aliphatic carbocycles. The second-order valence-electron chi connectivity index (χ2n) is 5.55. The highest BCUT2D eigenvalue weighted by Crippen LogP contribution is 2.19. The number of carboxylic acid groups (broad SMARTS) is 1. The van der Waals surface area contributed by atoms with Crippen LogP contribution in [0.15, 0.2) is 42.5 Å². The van der Waals surface area contributed by atoms with E-state index in [9.17, 15) is 14.7 Å². The standard InChI is InChI=1S/C19H21NO4/c1-4-24-16-9-7-14(8-10-16)18(21)20-17(19(22)23)15-6-5-12(2)13(3)11-15/h5-11,17H,4H2,1-3H3,(H,20,21)(H,22,23). The van der Waals surface area contributed by atoms with Crippen molar-refractivity contribution in [2.45, 2.75) is 26.8 Å². The average Bonchev–Trinajstić information content (AvgIpc) is 2.56. The first-order valence-electron chi connectivity index (χ1n) is 7.76. The highest BCUT2D eigenvalue weighted by molar-refractivity contribution is 5.96. The van der Waals surface area contributed by atoms with E-state index < -0.39 is 17.9 Å². The second-order valence-corrected chi connectivity index (χ2v) is 5.55. The number of hydrogen-bond donors (Lipinski definition) is 2. The predicted octanol–water partition coefficient (Wildman–Crippen LogP) is 3.26. The van der Waals surface area contributed by atoms with Crippen molar-refractivity contribution < 1.29 is 19.4 Å². The van der Waals surface area contributed by atoms with Crippen molar-refractivity contribution in [1.29, 1.82) is 0 Å². The van der Waals surface area contributed by atoms with Gasteiger partial charge in [0.05, 0.1) is 6.61 Å². The minimum absolute atomic E-state index is 0.383. The Balaban J connectivity index is 2.19. The quantitative estimate of drug-likeness (QED) is 0.854. The van der Waals surface area contributed by atoms with Crippen LogP contribution in [0.4, 0.5) is 0 Å². The molecule has 1 atom stereocenters. The Morgan fingerprint density at radius 3 is 2.29 bits per heavy atom. The Morgan fingerprint density at radius 1 is 1.08 bits per heavy atom. The molecule has 0 saturated heterocycles. The molecule has 2 N–H and O–H groups in total. The lowest BCUT2D eigenvalue weighted by atomic mass is 10.0. The molecule has 2 aromatic rings. The molecule has 0 aliphatic rings. The maximum Gasteiger partial charge on any atom is 0.330 e. The summed E-state index contributed by atoms with van der Waals surface area (Å²) in [5.74, 6) is -0.876. The molecule has 5 heteroatoms. The third-order valence-corrected chi connectivity index (χ3v) is 3.81. The maximum atomic E-state index is 12.3. The number of nitrogens with one attached hydrogen (secondary N) is 1. The number of hydrogen-bond acceptors (Lipinski definition) is 3. The van der Waals surface area contributed by atoms with E-state index >= 15 is 0 Å². The molecule has 2 rings (SSSR count). The van der Waals surface area contributed by atoms with Crippen molar-refractivity contribution in [1.82, 2.24) is 5.32 Å². The topological polar surface area (TPSA) is 75.6 Å². The molecule has 5 nitrogen and oxygen atoms in total. The number of carboxylic acids is 1. The maximum absolute atomic E-state index is 12.3. The van der Waals surface area contributed by atoms with Crippen molar-refractivity contribution in [3.63, 3.8) is 0 Å². The summed E-state index contributed by atoms with van der Waals surface area (Å²) in [5.41, 5.74) is 2.98. The van der Waals surface area contributed by atoms with Crippen molar-refractivity contribution >= 4 is 11.9 Å². The van der Waals surface area contributed by atoms with Crippen molar-refractivity contribution in [2.24, 2.45) is 0 Å². The molecule has 2 aromatic carbocycles. The van der Waals surface area contributed by atoms with E-state index in [0.717, 1.165) is 11.1 Å². The van der Waals surface area contributed by atoms with Gasteiger partial charge in [-0.1, -0.05) is 18.2 Å². The third kappa shape index (κ3) is 4.13. The summed E-state index contributed by atoms with van der Waals surface area (Å²) < 4.78 is 5.33. The highest BCUT2D eigenvalue weighted by atomic mass is 16.5. The van der Waals surface area contributed by atoms with E-state index in [2.05, 4.69) is 5.32 Å². The van der Waals surface area contributed by atoms with E-state index in [1.807, 2.05) is 26.8 Å². The van der Waals surface area contributed by atoms with E-state index in [1.165, 1.54) is 0 Å². The molecule has 0 fully saturated rings. The molecular weight excluding hydrogens is 306 g/mol. The van der Waals surface area contributed by atoms with Crippen LogP contribution in [-0.4, -0.2) is 23.6 Å². The Bertz CT molecular complexity index is 738. The number of amides is 1. The van der Waals surface area contributed by atoms with Gasteiger partial charge >= 0.3 is 5.97 Å². The summed E-state index contributed by atoms with van der Waals surface area (Å²) in [4.78, 5) is 23.9. The van der Waals surface area contributed by atoms with Crippen LogP contribution in [0, 0.1) is 13.8 Å². The molecule has 24 heavy (non-hydrogen) atoms. The van der Waals surface area contributed by atoms with Crippen LogP contribution in [-0.2, 0) is 4.79 Å². The molecule has 0 bridgehead atoms. The van der Waals surface area contributed by atoms with Crippen molar-refractivity contribution in [3.05, 3.63) is 64.7 Å². The van der Waals surface area contributed by atoms with Gasteiger partial charge in [0.15, 0.2) is 6.04 Å². The number of benzene rings is 2. The van der Waals surface area contributed by atoms with Gasteiger partial charge in [0.2, 0.25) is 0 Å². The first-order chi connectivity index (χ1) is 11.4. The minimum atomic E-state index is -1.10. The normalized spacial score (nSPS) is 11.6. The van der Waals surface area contributed by atoms with Crippen LogP contribution >= 0.6 is 0 Å². The van der Waals surface area contributed by atoms with E-state index in [-0.39, 0.29) is 0 Å². The molecule has 0 heterocycles. The van der Waals surface area contributed by atoms with Gasteiger partial charge in [-0.3, -0.25) is 4.79 Å². The van der Waals surface area contributed by atoms with E-state index in [0.29, 0.717) is 23.5 Å². The number of carbonyl (C=O) groups is 2. The van der Waals surface area contributed by atoms with Gasteiger partial charge in [-0.05, 0) is 61.7 Å². The van der Waals surface area contributed by atoms with Gasteiger partial charge in [0, 0.05) is 5.56 Å². The molecule has 0 saturated carbocycles. The molecule has 1 unspecified atom stereocenters. The van der Waals surface area contributed by atoms with E-state index in [1.54, 1.807) is 36.4 Å². The zero-order valence-electron chi connectivity index (χ0n) is 14.0. The summed E-state index contributed by atoms with van der Waals surface area (Å²) in [7, 11) is 0. The molecular formula is C19H21NO4. The molecule has 126 valence electrons. The van der Waals surface area contributed by atoms with Crippen molar-refractivity contribution in [3.8, 4) is 5.75 Å². The fraction of sp³-hybridized carbons (Fsp3) is 0.263. The van der Waals surface area contributed by atoms with Gasteiger partial charge in [-0.15, -0.1) is 0 Å². The van der Waals surface area contributed by atoms with Crippen LogP contribution in [0.3, 0.4) is 0 Å². The molecule has 0 spiro atoms.